The minimum absolute atomic E-state index is 0.0872. The van der Waals surface area contributed by atoms with Gasteiger partial charge in [0.05, 0.1) is 5.92 Å². The predicted octanol–water partition coefficient (Wildman–Crippen LogP) is 2.42. The van der Waals surface area contributed by atoms with Crippen molar-refractivity contribution in [3.8, 4) is 0 Å². The second kappa shape index (κ2) is 5.63. The molecule has 3 rings (SSSR count). The number of carbonyl (C=O) groups excluding carboxylic acids is 1. The standard InChI is InChI=1S/C15H22N2OS/c1-10-13(5-3-8-16-10)17-15(18)12-4-2-6-14-11(12)7-9-19-14/h7,9-10,12-13,16H,2-6,8H2,1H3,(H,17,18). The number of nitrogens with one attached hydrogen (secondary N) is 2. The molecule has 2 aliphatic rings. The van der Waals surface area contributed by atoms with E-state index in [4.69, 9.17) is 0 Å². The Hall–Kier alpha value is -0.870. The molecule has 1 amide bonds. The van der Waals surface area contributed by atoms with Crippen molar-refractivity contribution in [1.29, 1.82) is 0 Å². The van der Waals surface area contributed by atoms with E-state index in [9.17, 15) is 4.79 Å². The van der Waals surface area contributed by atoms with E-state index in [2.05, 4.69) is 29.0 Å². The van der Waals surface area contributed by atoms with Crippen molar-refractivity contribution in [2.24, 2.45) is 0 Å². The number of thiophene rings is 1. The van der Waals surface area contributed by atoms with Crippen LogP contribution in [0, 0.1) is 0 Å². The Morgan fingerprint density at radius 2 is 2.32 bits per heavy atom. The molecule has 0 radical (unpaired) electrons. The number of piperidine rings is 1. The number of carbonyl (C=O) groups is 1. The maximum atomic E-state index is 12.5. The van der Waals surface area contributed by atoms with Crippen LogP contribution in [0.1, 0.15) is 49.0 Å². The fraction of sp³-hybridized carbons (Fsp3) is 0.667. The van der Waals surface area contributed by atoms with Crippen LogP contribution in [-0.2, 0) is 11.2 Å². The van der Waals surface area contributed by atoms with Crippen LogP contribution in [0.4, 0.5) is 0 Å². The summed E-state index contributed by atoms with van der Waals surface area (Å²) in [5, 5.41) is 8.84. The normalized spacial score (nSPS) is 30.7. The lowest BCUT2D eigenvalue weighted by Crippen LogP contribution is -2.52. The highest BCUT2D eigenvalue weighted by atomic mass is 32.1. The molecule has 3 unspecified atom stereocenters. The van der Waals surface area contributed by atoms with Gasteiger partial charge in [-0.2, -0.15) is 0 Å². The molecule has 2 heterocycles. The van der Waals surface area contributed by atoms with Gasteiger partial charge >= 0.3 is 0 Å². The van der Waals surface area contributed by atoms with E-state index in [-0.39, 0.29) is 11.8 Å². The first-order valence-electron chi connectivity index (χ1n) is 7.35. The first-order valence-corrected chi connectivity index (χ1v) is 8.23. The van der Waals surface area contributed by atoms with Gasteiger partial charge in [-0.05, 0) is 62.6 Å². The molecule has 1 aliphatic heterocycles. The zero-order valence-corrected chi connectivity index (χ0v) is 12.3. The minimum atomic E-state index is 0.0872. The summed E-state index contributed by atoms with van der Waals surface area (Å²) < 4.78 is 0. The van der Waals surface area contributed by atoms with Gasteiger partial charge in [-0.1, -0.05) is 0 Å². The van der Waals surface area contributed by atoms with Gasteiger partial charge in [0.15, 0.2) is 0 Å². The van der Waals surface area contributed by atoms with Gasteiger partial charge in [-0.3, -0.25) is 4.79 Å². The highest BCUT2D eigenvalue weighted by Crippen LogP contribution is 2.35. The zero-order valence-electron chi connectivity index (χ0n) is 11.4. The Morgan fingerprint density at radius 3 is 3.16 bits per heavy atom. The van der Waals surface area contributed by atoms with E-state index in [0.717, 1.165) is 38.6 Å². The van der Waals surface area contributed by atoms with E-state index >= 15 is 0 Å². The smallest absolute Gasteiger partial charge is 0.227 e. The van der Waals surface area contributed by atoms with Crippen LogP contribution in [0.25, 0.3) is 0 Å². The van der Waals surface area contributed by atoms with Crippen molar-refractivity contribution in [2.75, 3.05) is 6.54 Å². The molecule has 3 atom stereocenters. The third-order valence-corrected chi connectivity index (χ3v) is 5.45. The Morgan fingerprint density at radius 1 is 1.42 bits per heavy atom. The molecule has 1 aliphatic carbocycles. The molecular formula is C15H22N2OS. The Labute approximate surface area is 118 Å². The van der Waals surface area contributed by atoms with Gasteiger partial charge in [0.2, 0.25) is 5.91 Å². The summed E-state index contributed by atoms with van der Waals surface area (Å²) >= 11 is 1.80. The third kappa shape index (κ3) is 2.70. The number of hydrogen-bond donors (Lipinski definition) is 2. The highest BCUT2D eigenvalue weighted by Gasteiger charge is 2.30. The highest BCUT2D eigenvalue weighted by molar-refractivity contribution is 7.10. The van der Waals surface area contributed by atoms with Crippen molar-refractivity contribution < 1.29 is 4.79 Å². The molecule has 2 N–H and O–H groups in total. The average molecular weight is 278 g/mol. The molecular weight excluding hydrogens is 256 g/mol. The summed E-state index contributed by atoms with van der Waals surface area (Å²) in [6.45, 7) is 3.24. The predicted molar refractivity (Wildman–Crippen MR) is 78.6 cm³/mol. The second-order valence-corrected chi connectivity index (χ2v) is 6.74. The van der Waals surface area contributed by atoms with Crippen LogP contribution in [0.2, 0.25) is 0 Å². The molecule has 0 saturated carbocycles. The summed E-state index contributed by atoms with van der Waals surface area (Å²) in [6.07, 6.45) is 5.55. The molecule has 0 spiro atoms. The van der Waals surface area contributed by atoms with Gasteiger partial charge in [-0.15, -0.1) is 11.3 Å². The van der Waals surface area contributed by atoms with Crippen LogP contribution in [0.3, 0.4) is 0 Å². The van der Waals surface area contributed by atoms with Crippen LogP contribution in [-0.4, -0.2) is 24.5 Å². The van der Waals surface area contributed by atoms with Crippen LogP contribution >= 0.6 is 11.3 Å². The monoisotopic (exact) mass is 278 g/mol. The van der Waals surface area contributed by atoms with Crippen LogP contribution < -0.4 is 10.6 Å². The maximum absolute atomic E-state index is 12.5. The lowest BCUT2D eigenvalue weighted by Gasteiger charge is -2.32. The van der Waals surface area contributed by atoms with Gasteiger partial charge in [0.1, 0.15) is 0 Å². The van der Waals surface area contributed by atoms with Crippen molar-refractivity contribution in [3.05, 3.63) is 21.9 Å². The molecule has 1 aromatic rings. The Balaban J connectivity index is 1.68. The van der Waals surface area contributed by atoms with Crippen molar-refractivity contribution >= 4 is 17.2 Å². The number of fused-ring (bicyclic) bond motifs is 1. The summed E-state index contributed by atoms with van der Waals surface area (Å²) in [6, 6.07) is 2.83. The molecule has 1 saturated heterocycles. The van der Waals surface area contributed by atoms with E-state index in [0.29, 0.717) is 12.1 Å². The van der Waals surface area contributed by atoms with Crippen LogP contribution in [0.5, 0.6) is 0 Å². The van der Waals surface area contributed by atoms with Crippen LogP contribution in [0.15, 0.2) is 11.4 Å². The van der Waals surface area contributed by atoms with Gasteiger partial charge in [0.25, 0.3) is 0 Å². The third-order valence-electron chi connectivity index (χ3n) is 4.46. The van der Waals surface area contributed by atoms with Gasteiger partial charge in [-0.25, -0.2) is 0 Å². The summed E-state index contributed by atoms with van der Waals surface area (Å²) in [4.78, 5) is 14.0. The number of aryl methyl sites for hydroxylation is 1. The van der Waals surface area contributed by atoms with Crippen molar-refractivity contribution in [1.82, 2.24) is 10.6 Å². The molecule has 1 aromatic heterocycles. The topological polar surface area (TPSA) is 41.1 Å². The number of amides is 1. The largest absolute Gasteiger partial charge is 0.351 e. The number of hydrogen-bond acceptors (Lipinski definition) is 3. The van der Waals surface area contributed by atoms with Gasteiger partial charge in [0, 0.05) is 17.0 Å². The summed E-state index contributed by atoms with van der Waals surface area (Å²) in [5.41, 5.74) is 1.28. The summed E-state index contributed by atoms with van der Waals surface area (Å²) in [7, 11) is 0. The first-order chi connectivity index (χ1) is 9.25. The first kappa shape index (κ1) is 13.1. The average Bonchev–Trinajstić information content (AvgIpc) is 2.89. The minimum Gasteiger partial charge on any atom is -0.351 e. The fourth-order valence-electron chi connectivity index (χ4n) is 3.28. The number of rotatable bonds is 2. The van der Waals surface area contributed by atoms with Crippen molar-refractivity contribution in [2.45, 2.75) is 57.0 Å². The lowest BCUT2D eigenvalue weighted by atomic mass is 9.86. The maximum Gasteiger partial charge on any atom is 0.227 e. The molecule has 0 bridgehead atoms. The molecule has 3 nitrogen and oxygen atoms in total. The fourth-order valence-corrected chi connectivity index (χ4v) is 4.27. The van der Waals surface area contributed by atoms with E-state index < -0.39 is 0 Å². The summed E-state index contributed by atoms with van der Waals surface area (Å²) in [5.74, 6) is 0.323. The zero-order chi connectivity index (χ0) is 13.2. The van der Waals surface area contributed by atoms with E-state index in [1.165, 1.54) is 10.4 Å². The quantitative estimate of drug-likeness (QED) is 0.872. The van der Waals surface area contributed by atoms with E-state index in [1.807, 2.05) is 0 Å². The molecule has 19 heavy (non-hydrogen) atoms. The van der Waals surface area contributed by atoms with E-state index in [1.54, 1.807) is 11.3 Å². The lowest BCUT2D eigenvalue weighted by molar-refractivity contribution is -0.124. The molecule has 104 valence electrons. The molecule has 0 aromatic carbocycles. The second-order valence-electron chi connectivity index (χ2n) is 5.74. The van der Waals surface area contributed by atoms with Gasteiger partial charge < -0.3 is 10.6 Å². The Bertz CT molecular complexity index is 457. The molecule has 4 heteroatoms. The SMILES string of the molecule is CC1NCCCC1NC(=O)C1CCCc2sccc21. The molecule has 1 fully saturated rings. The van der Waals surface area contributed by atoms with Crippen molar-refractivity contribution in [3.63, 3.8) is 0 Å². The Kier molecular flexibility index (Phi) is 3.89.